The van der Waals surface area contributed by atoms with Crippen molar-refractivity contribution in [3.05, 3.63) is 82.9 Å². The van der Waals surface area contributed by atoms with Crippen LogP contribution in [0.4, 0.5) is 13.2 Å². The minimum absolute atomic E-state index is 0.0854. The molecule has 178 valence electrons. The summed E-state index contributed by atoms with van der Waals surface area (Å²) in [4.78, 5) is 12.6. The average Bonchev–Trinajstić information content (AvgIpc) is 3.34. The molecule has 0 fully saturated rings. The van der Waals surface area contributed by atoms with Crippen LogP contribution in [0, 0.1) is 0 Å². The van der Waals surface area contributed by atoms with Crippen molar-refractivity contribution in [2.45, 2.75) is 36.8 Å². The first-order chi connectivity index (χ1) is 16.3. The van der Waals surface area contributed by atoms with Gasteiger partial charge in [-0.25, -0.2) is 4.79 Å². The van der Waals surface area contributed by atoms with Gasteiger partial charge < -0.3 is 9.47 Å². The van der Waals surface area contributed by atoms with Gasteiger partial charge in [0.05, 0.1) is 12.7 Å². The number of fused-ring (bicyclic) bond motifs is 1. The van der Waals surface area contributed by atoms with Crippen LogP contribution in [0.15, 0.2) is 65.6 Å². The molecule has 0 N–H and O–H groups in total. The molecule has 0 heterocycles. The molecule has 3 nitrogen and oxygen atoms in total. The van der Waals surface area contributed by atoms with Crippen molar-refractivity contribution in [1.29, 1.82) is 0 Å². The maximum Gasteiger partial charge on any atom is 0.416 e. The molecule has 0 atom stereocenters. The highest BCUT2D eigenvalue weighted by atomic mass is 32.2. The number of hydrogen-bond donors (Lipinski definition) is 0. The van der Waals surface area contributed by atoms with E-state index in [0.717, 1.165) is 60.4 Å². The lowest BCUT2D eigenvalue weighted by molar-refractivity contribution is -0.143. The van der Waals surface area contributed by atoms with Crippen LogP contribution in [0.2, 0.25) is 0 Å². The Hall–Kier alpha value is -2.93. The zero-order valence-corrected chi connectivity index (χ0v) is 19.6. The molecule has 3 aromatic rings. The number of hydrogen-bond acceptors (Lipinski definition) is 4. The van der Waals surface area contributed by atoms with Gasteiger partial charge in [-0.2, -0.15) is 13.2 Å². The van der Waals surface area contributed by atoms with Gasteiger partial charge in [0, 0.05) is 10.6 Å². The third kappa shape index (κ3) is 5.76. The van der Waals surface area contributed by atoms with Crippen LogP contribution >= 0.6 is 11.8 Å². The molecule has 7 heteroatoms. The molecule has 0 saturated carbocycles. The number of aryl methyl sites for hydroxylation is 1. The fourth-order valence-electron chi connectivity index (χ4n) is 4.10. The summed E-state index contributed by atoms with van der Waals surface area (Å²) in [6.45, 7) is -0.0854. The van der Waals surface area contributed by atoms with Crippen molar-refractivity contribution in [3.8, 4) is 16.9 Å². The Balaban J connectivity index is 1.35. The molecule has 0 radical (unpaired) electrons. The molecule has 4 rings (SSSR count). The molecule has 3 aromatic carbocycles. The lowest BCUT2D eigenvalue weighted by Gasteiger charge is -2.13. The molecule has 1 aliphatic carbocycles. The smallest absolute Gasteiger partial charge is 0.416 e. The molecule has 0 aliphatic heterocycles. The molecule has 0 saturated heterocycles. The monoisotopic (exact) mass is 486 g/mol. The Labute approximate surface area is 201 Å². The van der Waals surface area contributed by atoms with Crippen LogP contribution in [0.25, 0.3) is 11.1 Å². The van der Waals surface area contributed by atoms with E-state index in [1.54, 1.807) is 0 Å². The molecule has 34 heavy (non-hydrogen) atoms. The van der Waals surface area contributed by atoms with Gasteiger partial charge in [-0.1, -0.05) is 36.4 Å². The van der Waals surface area contributed by atoms with Crippen molar-refractivity contribution in [1.82, 2.24) is 0 Å². The van der Waals surface area contributed by atoms with E-state index in [-0.39, 0.29) is 6.61 Å². The second-order valence-electron chi connectivity index (χ2n) is 8.11. The van der Waals surface area contributed by atoms with Crippen molar-refractivity contribution in [2.75, 3.05) is 19.5 Å². The van der Waals surface area contributed by atoms with Crippen LogP contribution in [0.5, 0.6) is 5.75 Å². The summed E-state index contributed by atoms with van der Waals surface area (Å²) < 4.78 is 48.6. The summed E-state index contributed by atoms with van der Waals surface area (Å²) in [7, 11) is 1.35. The molecular formula is C27H25F3O3S. The minimum Gasteiger partial charge on any atom is -0.482 e. The summed E-state index contributed by atoms with van der Waals surface area (Å²) in [5.74, 6) is 1.28. The number of alkyl halides is 3. The van der Waals surface area contributed by atoms with E-state index in [1.807, 2.05) is 42.1 Å². The average molecular weight is 487 g/mol. The lowest BCUT2D eigenvalue weighted by atomic mass is 10.0. The number of esters is 1. The molecule has 0 unspecified atom stereocenters. The zero-order chi connectivity index (χ0) is 24.1. The first kappa shape index (κ1) is 24.2. The maximum absolute atomic E-state index is 12.8. The summed E-state index contributed by atoms with van der Waals surface area (Å²) in [5, 5.41) is 0. The lowest BCUT2D eigenvalue weighted by Crippen LogP contribution is -2.13. The molecule has 0 bridgehead atoms. The fourth-order valence-corrected chi connectivity index (χ4v) is 5.22. The van der Waals surface area contributed by atoms with Crippen LogP contribution in [-0.4, -0.2) is 25.4 Å². The molecule has 1 aliphatic rings. The highest BCUT2D eigenvalue weighted by molar-refractivity contribution is 7.99. The predicted molar refractivity (Wildman–Crippen MR) is 127 cm³/mol. The Morgan fingerprint density at radius 3 is 2.21 bits per heavy atom. The van der Waals surface area contributed by atoms with Crippen LogP contribution in [0.3, 0.4) is 0 Å². The molecule has 0 amide bonds. The van der Waals surface area contributed by atoms with Gasteiger partial charge in [0.1, 0.15) is 5.75 Å². The summed E-state index contributed by atoms with van der Waals surface area (Å²) >= 11 is 1.81. The number of rotatable bonds is 8. The van der Waals surface area contributed by atoms with E-state index in [0.29, 0.717) is 0 Å². The summed E-state index contributed by atoms with van der Waals surface area (Å²) in [6, 6.07) is 17.2. The van der Waals surface area contributed by atoms with Gasteiger partial charge in [0.2, 0.25) is 0 Å². The first-order valence-corrected chi connectivity index (χ1v) is 12.1. The van der Waals surface area contributed by atoms with E-state index in [9.17, 15) is 18.0 Å². The number of ether oxygens (including phenoxy) is 2. The third-order valence-corrected chi connectivity index (χ3v) is 7.02. The minimum atomic E-state index is -4.32. The molecule has 0 spiro atoms. The summed E-state index contributed by atoms with van der Waals surface area (Å²) in [5.41, 5.74) is 4.70. The van der Waals surface area contributed by atoms with Crippen molar-refractivity contribution in [3.63, 3.8) is 0 Å². The number of benzene rings is 3. The zero-order valence-electron chi connectivity index (χ0n) is 18.8. The summed E-state index contributed by atoms with van der Waals surface area (Å²) in [6.07, 6.45) is -0.405. The predicted octanol–water partition coefficient (Wildman–Crippen LogP) is 6.75. The largest absolute Gasteiger partial charge is 0.482 e. The Morgan fingerprint density at radius 2 is 1.56 bits per heavy atom. The van der Waals surface area contributed by atoms with Gasteiger partial charge in [-0.15, -0.1) is 11.8 Å². The van der Waals surface area contributed by atoms with Gasteiger partial charge in [0.15, 0.2) is 6.61 Å². The van der Waals surface area contributed by atoms with Crippen molar-refractivity contribution in [2.24, 2.45) is 0 Å². The maximum atomic E-state index is 12.8. The second kappa shape index (κ2) is 10.6. The Morgan fingerprint density at radius 1 is 0.912 bits per heavy atom. The van der Waals surface area contributed by atoms with Crippen LogP contribution < -0.4 is 4.74 Å². The number of thioether (sulfide) groups is 1. The van der Waals surface area contributed by atoms with E-state index in [4.69, 9.17) is 4.74 Å². The Bertz CT molecular complexity index is 1140. The third-order valence-electron chi connectivity index (χ3n) is 5.92. The number of carbonyl (C=O) groups excluding carboxylic acids is 1. The van der Waals surface area contributed by atoms with Crippen LogP contribution in [-0.2, 0) is 35.0 Å². The SMILES string of the molecule is COC(=O)COc1ccc(SCCc2ccc(-c3ccc(C(F)(F)F)cc3)cc2)c2c1CCC2. The quantitative estimate of drug-likeness (QED) is 0.261. The van der Waals surface area contributed by atoms with Gasteiger partial charge in [0.25, 0.3) is 0 Å². The highest BCUT2D eigenvalue weighted by Gasteiger charge is 2.30. The van der Waals surface area contributed by atoms with Crippen molar-refractivity contribution < 1.29 is 27.4 Å². The van der Waals surface area contributed by atoms with E-state index in [2.05, 4.69) is 10.8 Å². The molecular weight excluding hydrogens is 461 g/mol. The second-order valence-corrected chi connectivity index (χ2v) is 9.24. The van der Waals surface area contributed by atoms with Gasteiger partial charge >= 0.3 is 12.1 Å². The fraction of sp³-hybridized carbons (Fsp3) is 0.296. The number of carbonyl (C=O) groups is 1. The van der Waals surface area contributed by atoms with Crippen molar-refractivity contribution >= 4 is 17.7 Å². The highest BCUT2D eigenvalue weighted by Crippen LogP contribution is 2.38. The Kier molecular flexibility index (Phi) is 7.51. The van der Waals surface area contributed by atoms with Crippen LogP contribution in [0.1, 0.15) is 28.7 Å². The number of methoxy groups -OCH3 is 1. The normalized spacial score (nSPS) is 12.9. The first-order valence-electron chi connectivity index (χ1n) is 11.1. The molecule has 0 aromatic heterocycles. The van der Waals surface area contributed by atoms with Gasteiger partial charge in [-0.05, 0) is 77.8 Å². The standard InChI is InChI=1S/C27H25F3O3S/c1-32-26(31)17-33-24-13-14-25(23-4-2-3-22(23)24)34-16-15-18-5-7-19(8-6-18)20-9-11-21(12-10-20)27(28,29)30/h5-14H,2-4,15-17H2,1H3. The van der Waals surface area contributed by atoms with E-state index >= 15 is 0 Å². The number of halogens is 3. The topological polar surface area (TPSA) is 35.5 Å². The van der Waals surface area contributed by atoms with E-state index < -0.39 is 17.7 Å². The van der Waals surface area contributed by atoms with Gasteiger partial charge in [-0.3, -0.25) is 0 Å². The van der Waals surface area contributed by atoms with E-state index in [1.165, 1.54) is 40.8 Å².